The zero-order valence-electron chi connectivity index (χ0n) is 19.9. The average molecular weight is 546 g/mol. The van der Waals surface area contributed by atoms with Crippen LogP contribution < -0.4 is 0 Å². The van der Waals surface area contributed by atoms with Gasteiger partial charge in [-0.1, -0.05) is 48.5 Å². The number of benzene rings is 3. The van der Waals surface area contributed by atoms with Crippen molar-refractivity contribution < 1.29 is 26.3 Å². The van der Waals surface area contributed by atoms with Crippen molar-refractivity contribution in [3.8, 4) is 28.7 Å². The number of alkyl halides is 6. The van der Waals surface area contributed by atoms with Gasteiger partial charge in [-0.05, 0) is 24.3 Å². The van der Waals surface area contributed by atoms with Crippen molar-refractivity contribution in [1.29, 1.82) is 5.26 Å². The summed E-state index contributed by atoms with van der Waals surface area (Å²) in [5, 5.41) is 13.3. The molecule has 0 N–H and O–H groups in total. The Morgan fingerprint density at radius 3 is 1.48 bits per heavy atom. The minimum atomic E-state index is -4.60. The van der Waals surface area contributed by atoms with Gasteiger partial charge in [0, 0.05) is 22.3 Å². The van der Waals surface area contributed by atoms with E-state index < -0.39 is 23.5 Å². The van der Waals surface area contributed by atoms with E-state index in [0.717, 1.165) is 24.3 Å². The van der Waals surface area contributed by atoms with Gasteiger partial charge in [-0.15, -0.1) is 4.95 Å². The third kappa shape index (κ3) is 4.67. The monoisotopic (exact) mass is 546 g/mol. The molecule has 0 saturated heterocycles. The Morgan fingerprint density at radius 1 is 0.650 bits per heavy atom. The molecule has 3 aromatic carbocycles. The van der Waals surface area contributed by atoms with Gasteiger partial charge in [0.1, 0.15) is 17.1 Å². The van der Waals surface area contributed by atoms with Crippen LogP contribution in [0.1, 0.15) is 33.6 Å². The topological polar surface area (TPSA) is 78.6 Å². The molecule has 0 unspecified atom stereocenters. The van der Waals surface area contributed by atoms with Gasteiger partial charge in [0.2, 0.25) is 6.19 Å². The van der Waals surface area contributed by atoms with E-state index in [-0.39, 0.29) is 45.3 Å². The van der Waals surface area contributed by atoms with E-state index in [0.29, 0.717) is 11.1 Å². The zero-order chi connectivity index (χ0) is 28.7. The maximum atomic E-state index is 13.2. The van der Waals surface area contributed by atoms with E-state index in [2.05, 4.69) is 25.0 Å². The molecule has 12 heteroatoms. The molecule has 0 saturated carbocycles. The molecule has 1 aliphatic carbocycles. The molecule has 0 amide bonds. The van der Waals surface area contributed by atoms with Gasteiger partial charge in [0.05, 0.1) is 27.6 Å². The maximum Gasteiger partial charge on any atom is 0.416 e. The maximum absolute atomic E-state index is 13.2. The van der Waals surface area contributed by atoms with E-state index in [1.165, 1.54) is 24.3 Å². The Hall–Kier alpha value is -5.36. The first-order valence-electron chi connectivity index (χ1n) is 11.3. The van der Waals surface area contributed by atoms with Crippen molar-refractivity contribution in [2.24, 2.45) is 10.1 Å². The van der Waals surface area contributed by atoms with E-state index in [4.69, 9.17) is 6.57 Å². The minimum absolute atomic E-state index is 0.0272. The lowest BCUT2D eigenvalue weighted by Gasteiger charge is -2.21. The molecule has 0 fully saturated rings. The lowest BCUT2D eigenvalue weighted by atomic mass is 9.87. The highest BCUT2D eigenvalue weighted by molar-refractivity contribution is 6.30. The number of fused-ring (bicyclic) bond motifs is 2. The number of aliphatic imine (C=N–C) groups is 1. The van der Waals surface area contributed by atoms with Crippen LogP contribution in [0.3, 0.4) is 0 Å². The summed E-state index contributed by atoms with van der Waals surface area (Å²) in [6.45, 7) is 7.31. The Labute approximate surface area is 222 Å². The first kappa shape index (κ1) is 26.3. The van der Waals surface area contributed by atoms with Gasteiger partial charge < -0.3 is 0 Å². The van der Waals surface area contributed by atoms with Gasteiger partial charge >= 0.3 is 12.4 Å². The molecule has 6 nitrogen and oxygen atoms in total. The molecule has 1 heterocycles. The minimum Gasteiger partial charge on any atom is -0.241 e. The van der Waals surface area contributed by atoms with Crippen LogP contribution in [0.5, 0.6) is 0 Å². The van der Waals surface area contributed by atoms with Crippen molar-refractivity contribution in [1.82, 2.24) is 9.97 Å². The van der Waals surface area contributed by atoms with Crippen LogP contribution in [0.4, 0.5) is 26.3 Å². The third-order valence-electron chi connectivity index (χ3n) is 6.06. The van der Waals surface area contributed by atoms with E-state index in [9.17, 15) is 31.6 Å². The van der Waals surface area contributed by atoms with Crippen molar-refractivity contribution in [3.05, 3.63) is 118 Å². The smallest absolute Gasteiger partial charge is 0.241 e. The average Bonchev–Trinajstić information content (AvgIpc) is 2.93. The number of hydrogen-bond donors (Lipinski definition) is 0. The summed E-state index contributed by atoms with van der Waals surface area (Å²) >= 11 is 0. The molecule has 1 aromatic heterocycles. The standard InChI is InChI=1S/C28H12F6N6/c1-36-40-24-20-5-3-2-4-19(20)23(37-14-35)25-26(24)39-22(16-8-12-18(13-9-16)28(32,33)34)21(38-25)15-6-10-17(11-7-15)27(29,30)31/h2-13H/b37-23?,40-24-. The fourth-order valence-corrected chi connectivity index (χ4v) is 4.27. The summed E-state index contributed by atoms with van der Waals surface area (Å²) in [7, 11) is 0. The Morgan fingerprint density at radius 2 is 1.07 bits per heavy atom. The fourth-order valence-electron chi connectivity index (χ4n) is 4.27. The lowest BCUT2D eigenvalue weighted by molar-refractivity contribution is -0.138. The van der Waals surface area contributed by atoms with Gasteiger partial charge in [-0.25, -0.2) is 9.97 Å². The number of nitrogens with zero attached hydrogens (tertiary/aromatic N) is 6. The SMILES string of the molecule is [C-]#[N+]/N=C1/c2ccccc2C(=NC#N)c2nc(-c3ccc(C(F)(F)F)cc3)c(-c3ccc(C(F)(F)F)cc3)nc21. The molecule has 0 radical (unpaired) electrons. The van der Waals surface area contributed by atoms with Crippen LogP contribution in [0.2, 0.25) is 0 Å². The summed E-state index contributed by atoms with van der Waals surface area (Å²) in [6.07, 6.45) is -7.49. The summed E-state index contributed by atoms with van der Waals surface area (Å²) < 4.78 is 79.3. The number of aromatic nitrogens is 2. The second kappa shape index (κ2) is 9.75. The van der Waals surface area contributed by atoms with E-state index >= 15 is 0 Å². The number of rotatable bonds is 2. The highest BCUT2D eigenvalue weighted by Gasteiger charge is 2.35. The predicted octanol–water partition coefficient (Wildman–Crippen LogP) is 7.15. The molecule has 0 atom stereocenters. The van der Waals surface area contributed by atoms with E-state index in [1.807, 2.05) is 0 Å². The van der Waals surface area contributed by atoms with Crippen molar-refractivity contribution in [2.75, 3.05) is 0 Å². The summed E-state index contributed by atoms with van der Waals surface area (Å²) in [5.41, 5.74) is -0.300. The predicted molar refractivity (Wildman–Crippen MR) is 133 cm³/mol. The fraction of sp³-hybridized carbons (Fsp3) is 0.0714. The molecule has 4 aromatic rings. The van der Waals surface area contributed by atoms with E-state index in [1.54, 1.807) is 30.5 Å². The molecule has 0 spiro atoms. The second-order valence-corrected chi connectivity index (χ2v) is 8.42. The van der Waals surface area contributed by atoms with Gasteiger partial charge in [-0.3, -0.25) is 0 Å². The normalized spacial score (nSPS) is 14.8. The van der Waals surface area contributed by atoms with Gasteiger partial charge in [0.25, 0.3) is 0 Å². The van der Waals surface area contributed by atoms with Crippen LogP contribution >= 0.6 is 0 Å². The summed E-state index contributed by atoms with van der Waals surface area (Å²) in [5.74, 6) is 0. The largest absolute Gasteiger partial charge is 0.416 e. The first-order valence-corrected chi connectivity index (χ1v) is 11.3. The molecule has 1 aliphatic rings. The van der Waals surface area contributed by atoms with Crippen molar-refractivity contribution in [3.63, 3.8) is 0 Å². The molecular formula is C28H12F6N6. The number of halogens is 6. The summed E-state index contributed by atoms with van der Waals surface area (Å²) in [4.78, 5) is 16.3. The Bertz CT molecular complexity index is 1640. The third-order valence-corrected chi connectivity index (χ3v) is 6.06. The Kier molecular flexibility index (Phi) is 6.40. The van der Waals surface area contributed by atoms with Crippen LogP contribution in [0.25, 0.3) is 27.5 Å². The van der Waals surface area contributed by atoms with Gasteiger partial charge in [-0.2, -0.15) is 43.2 Å². The first-order chi connectivity index (χ1) is 19.0. The van der Waals surface area contributed by atoms with Crippen LogP contribution in [-0.4, -0.2) is 21.4 Å². The molecule has 5 rings (SSSR count). The van der Waals surface area contributed by atoms with Crippen molar-refractivity contribution in [2.45, 2.75) is 12.4 Å². The van der Waals surface area contributed by atoms with Crippen LogP contribution in [0.15, 0.2) is 82.9 Å². The van der Waals surface area contributed by atoms with Crippen LogP contribution in [0, 0.1) is 18.0 Å². The highest BCUT2D eigenvalue weighted by atomic mass is 19.4. The van der Waals surface area contributed by atoms with Gasteiger partial charge in [0.15, 0.2) is 5.71 Å². The highest BCUT2D eigenvalue weighted by Crippen LogP contribution is 2.37. The second-order valence-electron chi connectivity index (χ2n) is 8.42. The quantitative estimate of drug-likeness (QED) is 0.102. The molecule has 0 bridgehead atoms. The molecule has 0 aliphatic heterocycles. The Balaban J connectivity index is 1.82. The number of hydrogen-bond acceptors (Lipinski definition) is 5. The summed E-state index contributed by atoms with van der Waals surface area (Å²) in [6, 6.07) is 14.7. The molecular weight excluding hydrogens is 534 g/mol. The zero-order valence-corrected chi connectivity index (χ0v) is 19.9. The molecule has 40 heavy (non-hydrogen) atoms. The number of nitriles is 1. The van der Waals surface area contributed by atoms with Crippen molar-refractivity contribution >= 4 is 11.4 Å². The lowest BCUT2D eigenvalue weighted by Crippen LogP contribution is -2.25. The molecule has 196 valence electrons. The van der Waals surface area contributed by atoms with Crippen LogP contribution in [-0.2, 0) is 12.4 Å².